The number of benzene rings is 1. The molecule has 0 unspecified atom stereocenters. The van der Waals surface area contributed by atoms with E-state index >= 15 is 0 Å². The minimum absolute atomic E-state index is 0.214. The summed E-state index contributed by atoms with van der Waals surface area (Å²) in [7, 11) is 0. The Balaban J connectivity index is 1.98. The molecular weight excluding hydrogens is 337 g/mol. The third kappa shape index (κ3) is 4.56. The van der Waals surface area contributed by atoms with Crippen LogP contribution in [0.1, 0.15) is 29.4 Å². The molecule has 0 saturated carbocycles. The number of aromatic nitrogens is 2. The standard InChI is InChI=1S/C16H17Cl2N3O2/c1-2-10-21-14(22)7-6-13(20-21)16(23)19-9-8-11-4-3-5-12(17)15(11)18/h3-7H,2,8-10H2,1H3,(H,19,23). The normalized spacial score (nSPS) is 10.6. The number of amides is 1. The van der Waals surface area contributed by atoms with Crippen molar-refractivity contribution in [3.63, 3.8) is 0 Å². The van der Waals surface area contributed by atoms with Crippen LogP contribution in [0.2, 0.25) is 10.0 Å². The highest BCUT2D eigenvalue weighted by Gasteiger charge is 2.10. The van der Waals surface area contributed by atoms with Crippen molar-refractivity contribution in [3.8, 4) is 0 Å². The molecule has 0 aliphatic carbocycles. The first-order chi connectivity index (χ1) is 11.0. The maximum atomic E-state index is 12.1. The SMILES string of the molecule is CCCn1nc(C(=O)NCCc2cccc(Cl)c2Cl)ccc1=O. The molecule has 1 aromatic heterocycles. The van der Waals surface area contributed by atoms with E-state index in [1.54, 1.807) is 6.07 Å². The number of halogens is 2. The fourth-order valence-electron chi connectivity index (χ4n) is 2.08. The second kappa shape index (κ2) is 8.13. The molecule has 0 radical (unpaired) electrons. The van der Waals surface area contributed by atoms with Gasteiger partial charge < -0.3 is 5.32 Å². The number of nitrogens with one attached hydrogen (secondary N) is 1. The van der Waals surface area contributed by atoms with Crippen molar-refractivity contribution in [2.45, 2.75) is 26.3 Å². The molecule has 1 aromatic carbocycles. The zero-order valence-corrected chi connectivity index (χ0v) is 14.2. The van der Waals surface area contributed by atoms with E-state index in [9.17, 15) is 9.59 Å². The number of nitrogens with zero attached hydrogens (tertiary/aromatic N) is 2. The lowest BCUT2D eigenvalue weighted by Crippen LogP contribution is -2.30. The highest BCUT2D eigenvalue weighted by atomic mass is 35.5. The van der Waals surface area contributed by atoms with Gasteiger partial charge in [0.15, 0.2) is 0 Å². The van der Waals surface area contributed by atoms with Gasteiger partial charge in [0.2, 0.25) is 0 Å². The highest BCUT2D eigenvalue weighted by Crippen LogP contribution is 2.25. The average Bonchev–Trinajstić information content (AvgIpc) is 2.53. The van der Waals surface area contributed by atoms with Crippen molar-refractivity contribution < 1.29 is 4.79 Å². The molecule has 1 N–H and O–H groups in total. The Kier molecular flexibility index (Phi) is 6.19. The number of carbonyl (C=O) groups is 1. The Hall–Kier alpha value is -1.85. The first-order valence-corrected chi connectivity index (χ1v) is 8.07. The molecule has 1 amide bonds. The lowest BCUT2D eigenvalue weighted by molar-refractivity contribution is 0.0946. The lowest BCUT2D eigenvalue weighted by atomic mass is 10.1. The topological polar surface area (TPSA) is 64.0 Å². The van der Waals surface area contributed by atoms with Gasteiger partial charge in [-0.1, -0.05) is 42.3 Å². The quantitative estimate of drug-likeness (QED) is 0.868. The van der Waals surface area contributed by atoms with Gasteiger partial charge in [0.25, 0.3) is 11.5 Å². The van der Waals surface area contributed by atoms with Gasteiger partial charge in [0.05, 0.1) is 10.0 Å². The molecule has 1 heterocycles. The molecule has 0 bridgehead atoms. The number of carbonyl (C=O) groups excluding carboxylic acids is 1. The Labute approximate surface area is 144 Å². The van der Waals surface area contributed by atoms with Crippen molar-refractivity contribution >= 4 is 29.1 Å². The summed E-state index contributed by atoms with van der Waals surface area (Å²) < 4.78 is 1.29. The number of rotatable bonds is 6. The Morgan fingerprint density at radius 1 is 1.26 bits per heavy atom. The van der Waals surface area contributed by atoms with E-state index in [0.717, 1.165) is 12.0 Å². The third-order valence-electron chi connectivity index (χ3n) is 3.25. The van der Waals surface area contributed by atoms with Crippen molar-refractivity contribution in [2.75, 3.05) is 6.54 Å². The monoisotopic (exact) mass is 353 g/mol. The van der Waals surface area contributed by atoms with E-state index in [0.29, 0.717) is 29.6 Å². The van der Waals surface area contributed by atoms with E-state index in [4.69, 9.17) is 23.2 Å². The van der Waals surface area contributed by atoms with Gasteiger partial charge in [-0.3, -0.25) is 9.59 Å². The fourth-order valence-corrected chi connectivity index (χ4v) is 2.50. The third-order valence-corrected chi connectivity index (χ3v) is 4.10. The number of hydrogen-bond donors (Lipinski definition) is 1. The summed E-state index contributed by atoms with van der Waals surface area (Å²) in [6.45, 7) is 2.82. The smallest absolute Gasteiger partial charge is 0.271 e. The van der Waals surface area contributed by atoms with Crippen LogP contribution in [0, 0.1) is 0 Å². The second-order valence-corrected chi connectivity index (χ2v) is 5.78. The summed E-state index contributed by atoms with van der Waals surface area (Å²) in [5.41, 5.74) is 0.868. The van der Waals surface area contributed by atoms with E-state index < -0.39 is 0 Å². The summed E-state index contributed by atoms with van der Waals surface area (Å²) >= 11 is 12.1. The van der Waals surface area contributed by atoms with Gasteiger partial charge in [-0.05, 0) is 30.5 Å². The van der Waals surface area contributed by atoms with Crippen LogP contribution >= 0.6 is 23.2 Å². The van der Waals surface area contributed by atoms with Gasteiger partial charge in [-0.25, -0.2) is 4.68 Å². The molecule has 7 heteroatoms. The van der Waals surface area contributed by atoms with Crippen LogP contribution in [0.15, 0.2) is 35.1 Å². The van der Waals surface area contributed by atoms with E-state index in [2.05, 4.69) is 10.4 Å². The Morgan fingerprint density at radius 3 is 2.78 bits per heavy atom. The van der Waals surface area contributed by atoms with Crippen LogP contribution < -0.4 is 10.9 Å². The van der Waals surface area contributed by atoms with Crippen molar-refractivity contribution in [1.29, 1.82) is 0 Å². The minimum Gasteiger partial charge on any atom is -0.350 e. The van der Waals surface area contributed by atoms with Crippen LogP contribution in [-0.2, 0) is 13.0 Å². The second-order valence-electron chi connectivity index (χ2n) is 5.00. The summed E-state index contributed by atoms with van der Waals surface area (Å²) in [5, 5.41) is 7.82. The molecule has 122 valence electrons. The largest absolute Gasteiger partial charge is 0.350 e. The molecule has 23 heavy (non-hydrogen) atoms. The molecule has 2 rings (SSSR count). The van der Waals surface area contributed by atoms with Crippen molar-refractivity contribution in [2.24, 2.45) is 0 Å². The zero-order valence-electron chi connectivity index (χ0n) is 12.7. The van der Waals surface area contributed by atoms with Gasteiger partial charge in [-0.2, -0.15) is 5.10 Å². The van der Waals surface area contributed by atoms with E-state index in [1.165, 1.54) is 16.8 Å². The van der Waals surface area contributed by atoms with Crippen LogP contribution in [0.4, 0.5) is 0 Å². The number of aryl methyl sites for hydroxylation is 1. The molecule has 0 spiro atoms. The lowest BCUT2D eigenvalue weighted by Gasteiger charge is -2.08. The summed E-state index contributed by atoms with van der Waals surface area (Å²) in [6.07, 6.45) is 1.32. The molecular formula is C16H17Cl2N3O2. The molecule has 0 fully saturated rings. The van der Waals surface area contributed by atoms with Crippen LogP contribution in [0.3, 0.4) is 0 Å². The van der Waals surface area contributed by atoms with Crippen LogP contribution in [-0.4, -0.2) is 22.2 Å². The zero-order chi connectivity index (χ0) is 16.8. The Bertz CT molecular complexity index is 759. The molecule has 0 saturated heterocycles. The van der Waals surface area contributed by atoms with Gasteiger partial charge >= 0.3 is 0 Å². The van der Waals surface area contributed by atoms with Crippen LogP contribution in [0.25, 0.3) is 0 Å². The highest BCUT2D eigenvalue weighted by molar-refractivity contribution is 6.42. The van der Waals surface area contributed by atoms with Crippen molar-refractivity contribution in [1.82, 2.24) is 15.1 Å². The minimum atomic E-state index is -0.326. The maximum absolute atomic E-state index is 12.1. The Morgan fingerprint density at radius 2 is 2.04 bits per heavy atom. The molecule has 5 nitrogen and oxygen atoms in total. The maximum Gasteiger partial charge on any atom is 0.271 e. The molecule has 0 aliphatic heterocycles. The molecule has 2 aromatic rings. The predicted octanol–water partition coefficient (Wildman–Crippen LogP) is 2.93. The van der Waals surface area contributed by atoms with Gasteiger partial charge in [0, 0.05) is 19.2 Å². The predicted molar refractivity (Wildman–Crippen MR) is 91.3 cm³/mol. The summed E-state index contributed by atoms with van der Waals surface area (Å²) in [5.74, 6) is -0.326. The number of hydrogen-bond acceptors (Lipinski definition) is 3. The molecule has 0 atom stereocenters. The van der Waals surface area contributed by atoms with Gasteiger partial charge in [-0.15, -0.1) is 0 Å². The van der Waals surface area contributed by atoms with Crippen LogP contribution in [0.5, 0.6) is 0 Å². The summed E-state index contributed by atoms with van der Waals surface area (Å²) in [6, 6.07) is 8.17. The summed E-state index contributed by atoms with van der Waals surface area (Å²) in [4.78, 5) is 23.7. The van der Waals surface area contributed by atoms with Crippen molar-refractivity contribution in [3.05, 3.63) is 62.0 Å². The van der Waals surface area contributed by atoms with Gasteiger partial charge in [0.1, 0.15) is 5.69 Å². The van der Waals surface area contributed by atoms with E-state index in [-0.39, 0.29) is 17.2 Å². The first kappa shape index (κ1) is 17.5. The van der Waals surface area contributed by atoms with E-state index in [1.807, 2.05) is 19.1 Å². The molecule has 0 aliphatic rings. The first-order valence-electron chi connectivity index (χ1n) is 7.32. The fraction of sp³-hybridized carbons (Fsp3) is 0.312. The average molecular weight is 354 g/mol.